The minimum absolute atomic E-state index is 0.148. The van der Waals surface area contributed by atoms with E-state index >= 15 is 0 Å². The Morgan fingerprint density at radius 2 is 1.67 bits per heavy atom. The van der Waals surface area contributed by atoms with Gasteiger partial charge in [-0.2, -0.15) is 5.26 Å². The first-order chi connectivity index (χ1) is 14.7. The van der Waals surface area contributed by atoms with E-state index in [1.54, 1.807) is 0 Å². The van der Waals surface area contributed by atoms with Crippen molar-refractivity contribution < 1.29 is 4.74 Å². The quantitative estimate of drug-likeness (QED) is 0.517. The summed E-state index contributed by atoms with van der Waals surface area (Å²) in [5.74, 6) is 0. The van der Waals surface area contributed by atoms with Gasteiger partial charge in [-0.3, -0.25) is 0 Å². The summed E-state index contributed by atoms with van der Waals surface area (Å²) in [6, 6.07) is 30.2. The molecule has 1 aliphatic heterocycles. The summed E-state index contributed by atoms with van der Waals surface area (Å²) in [6.45, 7) is 3.61. The molecule has 3 aromatic rings. The fourth-order valence-corrected chi connectivity index (χ4v) is 4.23. The molecule has 152 valence electrons. The summed E-state index contributed by atoms with van der Waals surface area (Å²) in [6.07, 6.45) is 2.51. The van der Waals surface area contributed by atoms with E-state index in [1.165, 1.54) is 27.9 Å². The lowest BCUT2D eigenvalue weighted by Crippen LogP contribution is -2.29. The Labute approximate surface area is 179 Å². The van der Waals surface area contributed by atoms with Gasteiger partial charge in [-0.05, 0) is 54.2 Å². The van der Waals surface area contributed by atoms with Gasteiger partial charge in [0, 0.05) is 18.3 Å². The molecule has 0 bridgehead atoms. The Bertz CT molecular complexity index is 991. The molecule has 1 heterocycles. The Morgan fingerprint density at radius 1 is 0.933 bits per heavy atom. The first kappa shape index (κ1) is 20.2. The van der Waals surface area contributed by atoms with Crippen LogP contribution in [-0.4, -0.2) is 18.7 Å². The van der Waals surface area contributed by atoms with E-state index in [2.05, 4.69) is 78.6 Å². The lowest BCUT2D eigenvalue weighted by molar-refractivity contribution is 0.0534. The predicted octanol–water partition coefficient (Wildman–Crippen LogP) is 5.66. The maximum Gasteiger partial charge on any atom is 0.0774 e. The van der Waals surface area contributed by atoms with Crippen molar-refractivity contribution in [3.8, 4) is 6.07 Å². The Balaban J connectivity index is 1.42. The Morgan fingerprint density at radius 3 is 2.40 bits per heavy atom. The van der Waals surface area contributed by atoms with E-state index in [0.29, 0.717) is 13.0 Å². The first-order valence-electron chi connectivity index (χ1n) is 10.7. The van der Waals surface area contributed by atoms with Gasteiger partial charge in [0.15, 0.2) is 0 Å². The van der Waals surface area contributed by atoms with Gasteiger partial charge in [-0.15, -0.1) is 0 Å². The van der Waals surface area contributed by atoms with Crippen molar-refractivity contribution in [3.05, 3.63) is 101 Å². The highest BCUT2D eigenvalue weighted by atomic mass is 16.5. The van der Waals surface area contributed by atoms with Gasteiger partial charge < -0.3 is 9.64 Å². The van der Waals surface area contributed by atoms with Crippen LogP contribution >= 0.6 is 0 Å². The van der Waals surface area contributed by atoms with Crippen molar-refractivity contribution in [2.24, 2.45) is 0 Å². The molecule has 2 atom stereocenters. The van der Waals surface area contributed by atoms with E-state index in [0.717, 1.165) is 19.4 Å². The molecule has 0 radical (unpaired) electrons. The van der Waals surface area contributed by atoms with Crippen molar-refractivity contribution in [2.75, 3.05) is 11.4 Å². The Kier molecular flexibility index (Phi) is 6.47. The number of anilines is 1. The zero-order chi connectivity index (χ0) is 20.8. The van der Waals surface area contributed by atoms with Crippen molar-refractivity contribution in [3.63, 3.8) is 0 Å². The highest BCUT2D eigenvalue weighted by Gasteiger charge is 2.32. The molecule has 0 N–H and O–H groups in total. The van der Waals surface area contributed by atoms with Gasteiger partial charge in [0.1, 0.15) is 0 Å². The molecule has 3 heteroatoms. The van der Waals surface area contributed by atoms with Crippen LogP contribution in [0.3, 0.4) is 0 Å². The highest BCUT2D eigenvalue weighted by molar-refractivity contribution is 5.51. The molecule has 0 spiro atoms. The van der Waals surface area contributed by atoms with Gasteiger partial charge in [-0.25, -0.2) is 0 Å². The van der Waals surface area contributed by atoms with Gasteiger partial charge in [-0.1, -0.05) is 66.7 Å². The van der Waals surface area contributed by atoms with Crippen LogP contribution in [0.25, 0.3) is 0 Å². The number of hydrogen-bond donors (Lipinski definition) is 0. The van der Waals surface area contributed by atoms with Gasteiger partial charge >= 0.3 is 0 Å². The topological polar surface area (TPSA) is 36.3 Å². The largest absolute Gasteiger partial charge is 0.372 e. The number of rotatable bonds is 7. The molecule has 0 aromatic heterocycles. The maximum atomic E-state index is 9.30. The number of benzene rings is 3. The molecule has 30 heavy (non-hydrogen) atoms. The first-order valence-corrected chi connectivity index (χ1v) is 10.7. The van der Waals surface area contributed by atoms with Crippen LogP contribution in [0.15, 0.2) is 78.9 Å². The third kappa shape index (κ3) is 4.90. The van der Waals surface area contributed by atoms with Crippen molar-refractivity contribution in [2.45, 2.75) is 44.9 Å². The van der Waals surface area contributed by atoms with Crippen LogP contribution in [0.1, 0.15) is 35.1 Å². The molecule has 0 aliphatic carbocycles. The van der Waals surface area contributed by atoms with E-state index in [-0.39, 0.29) is 12.1 Å². The standard InChI is InChI=1S/C27H28N2O/c1-21-7-5-6-10-24(21)17-22-11-13-25(14-12-22)29-19-27(18-26(29)15-16-28)30-20-23-8-3-2-4-9-23/h2-14,26-27H,15,17-20H2,1H3. The molecule has 3 aromatic carbocycles. The van der Waals surface area contributed by atoms with Crippen LogP contribution in [0.4, 0.5) is 5.69 Å². The third-order valence-electron chi connectivity index (χ3n) is 5.96. The molecule has 1 fully saturated rings. The van der Waals surface area contributed by atoms with Crippen molar-refractivity contribution in [1.29, 1.82) is 5.26 Å². The number of aryl methyl sites for hydroxylation is 1. The minimum atomic E-state index is 0.148. The number of nitriles is 1. The van der Waals surface area contributed by atoms with Crippen molar-refractivity contribution >= 4 is 5.69 Å². The molecule has 3 nitrogen and oxygen atoms in total. The monoisotopic (exact) mass is 396 g/mol. The summed E-state index contributed by atoms with van der Waals surface area (Å²) in [5, 5.41) is 9.30. The van der Waals surface area contributed by atoms with E-state index < -0.39 is 0 Å². The molecular formula is C27H28N2O. The molecule has 0 amide bonds. The van der Waals surface area contributed by atoms with Crippen LogP contribution < -0.4 is 4.90 Å². The average Bonchev–Trinajstić information content (AvgIpc) is 3.18. The molecule has 2 unspecified atom stereocenters. The lowest BCUT2D eigenvalue weighted by Gasteiger charge is -2.25. The van der Waals surface area contributed by atoms with E-state index in [1.807, 2.05) is 18.2 Å². The van der Waals surface area contributed by atoms with E-state index in [4.69, 9.17) is 4.74 Å². The summed E-state index contributed by atoms with van der Waals surface area (Å²) < 4.78 is 6.18. The third-order valence-corrected chi connectivity index (χ3v) is 5.96. The summed E-state index contributed by atoms with van der Waals surface area (Å²) in [4.78, 5) is 2.34. The fraction of sp³-hybridized carbons (Fsp3) is 0.296. The predicted molar refractivity (Wildman–Crippen MR) is 121 cm³/mol. The highest BCUT2D eigenvalue weighted by Crippen LogP contribution is 2.30. The van der Waals surface area contributed by atoms with Crippen molar-refractivity contribution in [1.82, 2.24) is 0 Å². The number of nitrogens with zero attached hydrogens (tertiary/aromatic N) is 2. The van der Waals surface area contributed by atoms with Crippen LogP contribution in [-0.2, 0) is 17.8 Å². The smallest absolute Gasteiger partial charge is 0.0774 e. The number of hydrogen-bond acceptors (Lipinski definition) is 3. The second kappa shape index (κ2) is 9.61. The zero-order valence-corrected chi connectivity index (χ0v) is 17.5. The molecule has 1 aliphatic rings. The summed E-state index contributed by atoms with van der Waals surface area (Å²) >= 11 is 0. The van der Waals surface area contributed by atoms with Crippen LogP contribution in [0.2, 0.25) is 0 Å². The summed E-state index contributed by atoms with van der Waals surface area (Å²) in [7, 11) is 0. The molecule has 4 rings (SSSR count). The molecular weight excluding hydrogens is 368 g/mol. The SMILES string of the molecule is Cc1ccccc1Cc1ccc(N2CC(OCc3ccccc3)CC2CC#N)cc1. The van der Waals surface area contributed by atoms with E-state index in [9.17, 15) is 5.26 Å². The molecule has 0 saturated carbocycles. The minimum Gasteiger partial charge on any atom is -0.372 e. The zero-order valence-electron chi connectivity index (χ0n) is 17.5. The fourth-order valence-electron chi connectivity index (χ4n) is 4.23. The van der Waals surface area contributed by atoms with Gasteiger partial charge in [0.2, 0.25) is 0 Å². The van der Waals surface area contributed by atoms with Crippen LogP contribution in [0.5, 0.6) is 0 Å². The second-order valence-electron chi connectivity index (χ2n) is 8.09. The van der Waals surface area contributed by atoms with Gasteiger partial charge in [0.05, 0.1) is 25.2 Å². The molecule has 1 saturated heterocycles. The van der Waals surface area contributed by atoms with Crippen LogP contribution in [0, 0.1) is 18.3 Å². The average molecular weight is 397 g/mol. The summed E-state index contributed by atoms with van der Waals surface area (Å²) in [5.41, 5.74) is 6.36. The maximum absolute atomic E-state index is 9.30. The normalized spacial score (nSPS) is 18.3. The second-order valence-corrected chi connectivity index (χ2v) is 8.09. The Hall–Kier alpha value is -3.09. The lowest BCUT2D eigenvalue weighted by atomic mass is 10.0. The number of ether oxygens (including phenoxy) is 1. The van der Waals surface area contributed by atoms with Gasteiger partial charge in [0.25, 0.3) is 0 Å².